The minimum atomic E-state index is -4.76. The summed E-state index contributed by atoms with van der Waals surface area (Å²) in [7, 11) is 1.82. The molecular formula is C27H32Cl2F4N4O2. The van der Waals surface area contributed by atoms with Gasteiger partial charge in [0.2, 0.25) is 0 Å². The largest absolute Gasteiger partial charge is 0.419 e. The number of amides is 2. The normalized spacial score (nSPS) is 20.7. The van der Waals surface area contributed by atoms with E-state index < -0.39 is 17.6 Å². The Morgan fingerprint density at radius 3 is 2.36 bits per heavy atom. The van der Waals surface area contributed by atoms with E-state index in [1.54, 1.807) is 17.0 Å². The molecule has 0 spiro atoms. The van der Waals surface area contributed by atoms with Crippen LogP contribution in [0.15, 0.2) is 36.4 Å². The van der Waals surface area contributed by atoms with Gasteiger partial charge in [-0.25, -0.2) is 9.18 Å². The maximum absolute atomic E-state index is 14.2. The summed E-state index contributed by atoms with van der Waals surface area (Å²) in [5.74, 6) is -1.45. The van der Waals surface area contributed by atoms with Crippen LogP contribution < -0.4 is 0 Å². The molecule has 214 valence electrons. The smallest absolute Gasteiger partial charge is 0.396 e. The number of hydrogen-bond acceptors (Lipinski definition) is 4. The number of likely N-dealkylation sites (N-methyl/N-ethyl adjacent to an activating group) is 1. The van der Waals surface area contributed by atoms with Gasteiger partial charge in [0.25, 0.3) is 0 Å². The second kappa shape index (κ2) is 12.6. The molecule has 2 heterocycles. The summed E-state index contributed by atoms with van der Waals surface area (Å²) in [6.45, 7) is 4.59. The fourth-order valence-electron chi connectivity index (χ4n) is 5.41. The molecule has 0 unspecified atom stereocenters. The van der Waals surface area contributed by atoms with Crippen molar-refractivity contribution in [2.45, 2.75) is 31.1 Å². The Morgan fingerprint density at radius 2 is 1.74 bits per heavy atom. The molecular weight excluding hydrogens is 559 g/mol. The third-order valence-electron chi connectivity index (χ3n) is 7.54. The highest BCUT2D eigenvalue weighted by molar-refractivity contribution is 6.42. The Morgan fingerprint density at radius 1 is 1.03 bits per heavy atom. The first-order valence-corrected chi connectivity index (χ1v) is 13.6. The lowest BCUT2D eigenvalue weighted by atomic mass is 9.93. The molecule has 2 aromatic rings. The molecule has 2 fully saturated rings. The van der Waals surface area contributed by atoms with Gasteiger partial charge < -0.3 is 14.9 Å². The Bertz CT molecular complexity index is 1160. The molecule has 6 nitrogen and oxygen atoms in total. The first-order valence-electron chi connectivity index (χ1n) is 12.9. The van der Waals surface area contributed by atoms with Gasteiger partial charge in [-0.05, 0) is 48.9 Å². The number of carbonyl (C=O) groups excluding carboxylic acids is 1. The summed E-state index contributed by atoms with van der Waals surface area (Å²) >= 11 is 12.4. The predicted molar refractivity (Wildman–Crippen MR) is 143 cm³/mol. The summed E-state index contributed by atoms with van der Waals surface area (Å²) < 4.78 is 53.3. The van der Waals surface area contributed by atoms with E-state index in [9.17, 15) is 22.4 Å². The van der Waals surface area contributed by atoms with E-state index in [-0.39, 0.29) is 31.1 Å². The number of rotatable bonds is 7. The summed E-state index contributed by atoms with van der Waals surface area (Å²) in [6.07, 6.45) is -4.06. The lowest BCUT2D eigenvalue weighted by Crippen LogP contribution is -2.52. The zero-order chi connectivity index (χ0) is 28.3. The van der Waals surface area contributed by atoms with Crippen LogP contribution in [0.2, 0.25) is 10.0 Å². The van der Waals surface area contributed by atoms with Crippen molar-refractivity contribution in [1.82, 2.24) is 19.6 Å². The van der Waals surface area contributed by atoms with Crippen LogP contribution in [0.5, 0.6) is 0 Å². The lowest BCUT2D eigenvalue weighted by Gasteiger charge is -2.36. The van der Waals surface area contributed by atoms with Gasteiger partial charge in [-0.3, -0.25) is 9.80 Å². The number of aliphatic hydroxyl groups excluding tert-OH is 1. The molecule has 2 aliphatic rings. The Kier molecular flexibility index (Phi) is 9.65. The molecule has 0 aromatic heterocycles. The lowest BCUT2D eigenvalue weighted by molar-refractivity contribution is -0.140. The third kappa shape index (κ3) is 7.16. The topological polar surface area (TPSA) is 50.3 Å². The number of halogens is 6. The molecule has 2 saturated heterocycles. The number of hydrogen-bond donors (Lipinski definition) is 1. The van der Waals surface area contributed by atoms with E-state index in [1.807, 2.05) is 22.9 Å². The van der Waals surface area contributed by atoms with Crippen LogP contribution in [-0.2, 0) is 12.7 Å². The Hall–Kier alpha value is -2.11. The van der Waals surface area contributed by atoms with E-state index >= 15 is 0 Å². The molecule has 0 saturated carbocycles. The number of alkyl halides is 3. The predicted octanol–water partition coefficient (Wildman–Crippen LogP) is 5.17. The van der Waals surface area contributed by atoms with Gasteiger partial charge in [0.15, 0.2) is 0 Å². The summed E-state index contributed by atoms with van der Waals surface area (Å²) in [6, 6.07) is 8.05. The summed E-state index contributed by atoms with van der Waals surface area (Å²) in [4.78, 5) is 21.3. The van der Waals surface area contributed by atoms with E-state index in [4.69, 9.17) is 28.3 Å². The van der Waals surface area contributed by atoms with E-state index in [0.717, 1.165) is 37.3 Å². The highest BCUT2D eigenvalue weighted by atomic mass is 35.5. The maximum Gasteiger partial charge on any atom is 0.419 e. The first-order chi connectivity index (χ1) is 18.5. The van der Waals surface area contributed by atoms with Crippen LogP contribution in [0.1, 0.15) is 29.0 Å². The van der Waals surface area contributed by atoms with Gasteiger partial charge in [0.1, 0.15) is 5.82 Å². The number of piperazine rings is 1. The monoisotopic (exact) mass is 590 g/mol. The SMILES string of the molecule is CN(Cc1ccc(C(F)(F)F)c(F)c1)[C@H]1CN(C(=O)N2CCN(CCCO)CC2)C[C@@H]1c1ccc(Cl)c(Cl)c1. The molecule has 2 atom stereocenters. The van der Waals surface area contributed by atoms with Crippen molar-refractivity contribution in [3.05, 3.63) is 69.0 Å². The summed E-state index contributed by atoms with van der Waals surface area (Å²) in [5.41, 5.74) is 0.000297. The van der Waals surface area contributed by atoms with Gasteiger partial charge >= 0.3 is 12.2 Å². The molecule has 2 aromatic carbocycles. The molecule has 1 N–H and O–H groups in total. The second-order valence-corrected chi connectivity index (χ2v) is 11.0. The van der Waals surface area contributed by atoms with Gasteiger partial charge in [-0.15, -0.1) is 0 Å². The summed E-state index contributed by atoms with van der Waals surface area (Å²) in [5, 5.41) is 9.88. The van der Waals surface area contributed by atoms with Crippen LogP contribution >= 0.6 is 23.2 Å². The number of carbonyl (C=O) groups is 1. The zero-order valence-corrected chi connectivity index (χ0v) is 23.1. The number of benzene rings is 2. The van der Waals surface area contributed by atoms with E-state index in [1.165, 1.54) is 6.07 Å². The van der Waals surface area contributed by atoms with E-state index in [0.29, 0.717) is 48.2 Å². The molecule has 0 bridgehead atoms. The fourth-order valence-corrected chi connectivity index (χ4v) is 5.72. The number of likely N-dealkylation sites (tertiary alicyclic amines) is 1. The third-order valence-corrected chi connectivity index (χ3v) is 8.28. The first kappa shape index (κ1) is 29.9. The standard InChI is InChI=1S/C27H32Cl2F4N4O2/c1-34(15-18-3-5-21(24(30)13-18)27(31,32)33)25-17-37(16-20(25)19-4-6-22(28)23(29)14-19)26(39)36-10-8-35(9-11-36)7-2-12-38/h3-6,13-14,20,25,38H,2,7-12,15-17H2,1H3/t20-,25+/m1/s1. The minimum Gasteiger partial charge on any atom is -0.396 e. The van der Waals surface area contributed by atoms with Crippen LogP contribution in [0.3, 0.4) is 0 Å². The van der Waals surface area contributed by atoms with Crippen molar-refractivity contribution >= 4 is 29.2 Å². The van der Waals surface area contributed by atoms with Crippen molar-refractivity contribution in [2.24, 2.45) is 0 Å². The molecule has 39 heavy (non-hydrogen) atoms. The molecule has 4 rings (SSSR count). The van der Waals surface area contributed by atoms with Crippen molar-refractivity contribution in [2.75, 3.05) is 59.5 Å². The Labute approximate surface area is 235 Å². The van der Waals surface area contributed by atoms with Crippen molar-refractivity contribution in [1.29, 1.82) is 0 Å². The van der Waals surface area contributed by atoms with Gasteiger partial charge in [0.05, 0.1) is 15.6 Å². The van der Waals surface area contributed by atoms with Crippen molar-refractivity contribution in [3.8, 4) is 0 Å². The van der Waals surface area contributed by atoms with Crippen LogP contribution in [0.25, 0.3) is 0 Å². The zero-order valence-electron chi connectivity index (χ0n) is 21.6. The molecule has 0 aliphatic carbocycles. The van der Waals surface area contributed by atoms with Gasteiger partial charge in [-0.2, -0.15) is 13.2 Å². The number of nitrogens with zero attached hydrogens (tertiary/aromatic N) is 4. The average molecular weight is 591 g/mol. The highest BCUT2D eigenvalue weighted by Crippen LogP contribution is 2.36. The molecule has 0 radical (unpaired) electrons. The highest BCUT2D eigenvalue weighted by Gasteiger charge is 2.40. The number of urea groups is 1. The number of aliphatic hydroxyl groups is 1. The van der Waals surface area contributed by atoms with Gasteiger partial charge in [0, 0.05) is 70.9 Å². The quantitative estimate of drug-likeness (QED) is 0.452. The fraction of sp³-hybridized carbons (Fsp3) is 0.519. The minimum absolute atomic E-state index is 0.0710. The van der Waals surface area contributed by atoms with Crippen molar-refractivity contribution < 1.29 is 27.5 Å². The van der Waals surface area contributed by atoms with Crippen molar-refractivity contribution in [3.63, 3.8) is 0 Å². The van der Waals surface area contributed by atoms with E-state index in [2.05, 4.69) is 4.90 Å². The van der Waals surface area contributed by atoms with Crippen LogP contribution in [0.4, 0.5) is 22.4 Å². The molecule has 2 aliphatic heterocycles. The average Bonchev–Trinajstić information content (AvgIpc) is 3.34. The molecule has 12 heteroatoms. The Balaban J connectivity index is 1.51. The van der Waals surface area contributed by atoms with Gasteiger partial charge in [-0.1, -0.05) is 35.3 Å². The molecule has 2 amide bonds. The van der Waals surface area contributed by atoms with Crippen LogP contribution in [-0.4, -0.2) is 96.2 Å². The maximum atomic E-state index is 14.2. The van der Waals surface area contributed by atoms with Crippen LogP contribution in [0, 0.1) is 5.82 Å². The second-order valence-electron chi connectivity index (χ2n) is 10.2.